The second-order valence-corrected chi connectivity index (χ2v) is 8.11. The molecule has 0 fully saturated rings. The number of rotatable bonds is 10. The first-order chi connectivity index (χ1) is 13.5. The molecule has 28 heavy (non-hydrogen) atoms. The van der Waals surface area contributed by atoms with Crippen molar-refractivity contribution in [2.45, 2.75) is 39.0 Å². The SMILES string of the molecule is CC.CCS(=O)c1cccc(-c2ccc(OCCCN(C)CCO)c(C)c2)c1. The smallest absolute Gasteiger partial charge is 0.122 e. The van der Waals surface area contributed by atoms with Gasteiger partial charge >= 0.3 is 0 Å². The zero-order chi connectivity index (χ0) is 20.9. The van der Waals surface area contributed by atoms with Crippen LogP contribution in [0.2, 0.25) is 0 Å². The molecule has 156 valence electrons. The van der Waals surface area contributed by atoms with E-state index in [9.17, 15) is 4.21 Å². The molecule has 0 bridgehead atoms. The average Bonchev–Trinajstić information content (AvgIpc) is 2.73. The van der Waals surface area contributed by atoms with Crippen LogP contribution in [0.4, 0.5) is 0 Å². The maximum Gasteiger partial charge on any atom is 0.122 e. The predicted molar refractivity (Wildman–Crippen MR) is 120 cm³/mol. The second kappa shape index (κ2) is 13.5. The number of nitrogens with zero attached hydrogens (tertiary/aromatic N) is 1. The van der Waals surface area contributed by atoms with Crippen LogP contribution in [0.15, 0.2) is 47.4 Å². The van der Waals surface area contributed by atoms with Crippen molar-refractivity contribution in [3.63, 3.8) is 0 Å². The van der Waals surface area contributed by atoms with E-state index in [4.69, 9.17) is 9.84 Å². The summed E-state index contributed by atoms with van der Waals surface area (Å²) in [5, 5.41) is 8.90. The van der Waals surface area contributed by atoms with Crippen LogP contribution in [0.5, 0.6) is 5.75 Å². The number of likely N-dealkylation sites (N-methyl/N-ethyl adjacent to an activating group) is 1. The minimum Gasteiger partial charge on any atom is -0.493 e. The Bertz CT molecular complexity index is 734. The first-order valence-electron chi connectivity index (χ1n) is 10.1. The summed E-state index contributed by atoms with van der Waals surface area (Å²) in [6, 6.07) is 14.1. The Labute approximate surface area is 173 Å². The van der Waals surface area contributed by atoms with E-state index < -0.39 is 10.8 Å². The van der Waals surface area contributed by atoms with Gasteiger partial charge in [0.1, 0.15) is 5.75 Å². The molecule has 1 atom stereocenters. The summed E-state index contributed by atoms with van der Waals surface area (Å²) in [6.07, 6.45) is 0.919. The summed E-state index contributed by atoms with van der Waals surface area (Å²) >= 11 is 0. The summed E-state index contributed by atoms with van der Waals surface area (Å²) in [6.45, 7) is 10.4. The fraction of sp³-hybridized carbons (Fsp3) is 0.478. The van der Waals surface area contributed by atoms with Crippen molar-refractivity contribution >= 4 is 10.8 Å². The molecule has 0 amide bonds. The van der Waals surface area contributed by atoms with Crippen molar-refractivity contribution in [1.82, 2.24) is 4.90 Å². The summed E-state index contributed by atoms with van der Waals surface area (Å²) in [5.41, 5.74) is 3.27. The van der Waals surface area contributed by atoms with E-state index in [0.717, 1.165) is 40.3 Å². The van der Waals surface area contributed by atoms with Crippen molar-refractivity contribution in [2.24, 2.45) is 0 Å². The molecular formula is C23H35NO3S. The molecule has 0 radical (unpaired) electrons. The summed E-state index contributed by atoms with van der Waals surface area (Å²) in [4.78, 5) is 2.96. The number of aliphatic hydroxyl groups excluding tert-OH is 1. The minimum absolute atomic E-state index is 0.185. The highest BCUT2D eigenvalue weighted by atomic mass is 32.2. The van der Waals surface area contributed by atoms with Crippen molar-refractivity contribution in [1.29, 1.82) is 0 Å². The van der Waals surface area contributed by atoms with Crippen LogP contribution in [0.3, 0.4) is 0 Å². The van der Waals surface area contributed by atoms with Crippen molar-refractivity contribution < 1.29 is 14.1 Å². The Morgan fingerprint density at radius 2 is 1.79 bits per heavy atom. The molecule has 0 spiro atoms. The van der Waals surface area contributed by atoms with Gasteiger partial charge in [-0.05, 0) is 61.3 Å². The van der Waals surface area contributed by atoms with E-state index in [1.54, 1.807) is 0 Å². The molecule has 2 aromatic rings. The lowest BCUT2D eigenvalue weighted by atomic mass is 10.0. The highest BCUT2D eigenvalue weighted by molar-refractivity contribution is 7.85. The Balaban J connectivity index is 0.00000190. The van der Waals surface area contributed by atoms with Crippen LogP contribution in [0.1, 0.15) is 32.8 Å². The first-order valence-corrected chi connectivity index (χ1v) is 11.4. The monoisotopic (exact) mass is 405 g/mol. The molecule has 1 unspecified atom stereocenters. The molecule has 0 aromatic heterocycles. The van der Waals surface area contributed by atoms with Gasteiger partial charge in [-0.25, -0.2) is 0 Å². The lowest BCUT2D eigenvalue weighted by Gasteiger charge is -2.16. The van der Waals surface area contributed by atoms with Crippen molar-refractivity contribution in [3.8, 4) is 16.9 Å². The summed E-state index contributed by atoms with van der Waals surface area (Å²) in [5.74, 6) is 1.52. The van der Waals surface area contributed by atoms with Crippen LogP contribution >= 0.6 is 0 Å². The number of hydrogen-bond acceptors (Lipinski definition) is 4. The van der Waals surface area contributed by atoms with Crippen LogP contribution in [-0.2, 0) is 10.8 Å². The van der Waals surface area contributed by atoms with Gasteiger partial charge in [-0.3, -0.25) is 4.21 Å². The third-order valence-corrected chi connectivity index (χ3v) is 5.59. The highest BCUT2D eigenvalue weighted by Crippen LogP contribution is 2.27. The fourth-order valence-corrected chi connectivity index (χ4v) is 3.60. The summed E-state index contributed by atoms with van der Waals surface area (Å²) in [7, 11) is 1.06. The molecule has 2 rings (SSSR count). The van der Waals surface area contributed by atoms with Crippen LogP contribution in [0, 0.1) is 6.92 Å². The third-order valence-electron chi connectivity index (χ3n) is 4.29. The van der Waals surface area contributed by atoms with Gasteiger partial charge in [0, 0.05) is 23.7 Å². The Morgan fingerprint density at radius 1 is 1.07 bits per heavy atom. The lowest BCUT2D eigenvalue weighted by molar-refractivity contribution is 0.207. The minimum atomic E-state index is -0.940. The van der Waals surface area contributed by atoms with Crippen molar-refractivity contribution in [2.75, 3.05) is 39.1 Å². The van der Waals surface area contributed by atoms with Crippen molar-refractivity contribution in [3.05, 3.63) is 48.0 Å². The molecule has 0 aliphatic rings. The second-order valence-electron chi connectivity index (χ2n) is 6.37. The number of hydrogen-bond donors (Lipinski definition) is 1. The maximum absolute atomic E-state index is 12.0. The number of aliphatic hydroxyl groups is 1. The molecule has 0 aliphatic carbocycles. The number of benzene rings is 2. The largest absolute Gasteiger partial charge is 0.493 e. The number of ether oxygens (including phenoxy) is 1. The van der Waals surface area contributed by atoms with E-state index in [1.165, 1.54) is 0 Å². The first kappa shape index (κ1) is 24.3. The Kier molecular flexibility index (Phi) is 11.7. The number of aryl methyl sites for hydroxylation is 1. The molecule has 5 heteroatoms. The zero-order valence-corrected chi connectivity index (χ0v) is 18.7. The van der Waals surface area contributed by atoms with Crippen LogP contribution < -0.4 is 4.74 Å². The Hall–Kier alpha value is -1.69. The molecule has 4 nitrogen and oxygen atoms in total. The van der Waals surface area contributed by atoms with Gasteiger partial charge in [-0.2, -0.15) is 0 Å². The fourth-order valence-electron chi connectivity index (χ4n) is 2.77. The predicted octanol–water partition coefficient (Wildman–Crippen LogP) is 4.51. The van der Waals surface area contributed by atoms with E-state index in [1.807, 2.05) is 71.1 Å². The molecule has 0 saturated heterocycles. The van der Waals surface area contributed by atoms with E-state index in [2.05, 4.69) is 11.0 Å². The van der Waals surface area contributed by atoms with Crippen LogP contribution in [-0.4, -0.2) is 53.3 Å². The van der Waals surface area contributed by atoms with Gasteiger partial charge in [0.15, 0.2) is 0 Å². The molecule has 1 N–H and O–H groups in total. The molecule has 2 aromatic carbocycles. The highest BCUT2D eigenvalue weighted by Gasteiger charge is 2.07. The van der Waals surface area contributed by atoms with E-state index in [-0.39, 0.29) is 6.61 Å². The zero-order valence-electron chi connectivity index (χ0n) is 17.9. The molecule has 0 saturated carbocycles. The third kappa shape index (κ3) is 7.74. The average molecular weight is 406 g/mol. The molecular weight excluding hydrogens is 370 g/mol. The van der Waals surface area contributed by atoms with Gasteiger partial charge in [0.05, 0.1) is 24.0 Å². The van der Waals surface area contributed by atoms with Gasteiger partial charge in [-0.1, -0.05) is 39.0 Å². The molecule has 0 heterocycles. The standard InChI is InChI=1S/C21H29NO3S.C2H6/c1-4-26(24)20-8-5-7-18(16-20)19-9-10-21(17(2)15-19)25-14-6-11-22(3)12-13-23;1-2/h5,7-10,15-16,23H,4,6,11-14H2,1-3H3;1-2H3. The normalized spacial score (nSPS) is 11.7. The molecule has 0 aliphatic heterocycles. The van der Waals surface area contributed by atoms with Gasteiger partial charge in [0.25, 0.3) is 0 Å². The maximum atomic E-state index is 12.0. The van der Waals surface area contributed by atoms with E-state index >= 15 is 0 Å². The quantitative estimate of drug-likeness (QED) is 0.591. The van der Waals surface area contributed by atoms with Gasteiger partial charge in [-0.15, -0.1) is 0 Å². The van der Waals surface area contributed by atoms with Gasteiger partial charge < -0.3 is 14.7 Å². The summed E-state index contributed by atoms with van der Waals surface area (Å²) < 4.78 is 17.9. The van der Waals surface area contributed by atoms with E-state index in [0.29, 0.717) is 18.9 Å². The van der Waals surface area contributed by atoms with Crippen LogP contribution in [0.25, 0.3) is 11.1 Å². The lowest BCUT2D eigenvalue weighted by Crippen LogP contribution is -2.24. The topological polar surface area (TPSA) is 49.8 Å². The Morgan fingerprint density at radius 3 is 2.43 bits per heavy atom. The van der Waals surface area contributed by atoms with Gasteiger partial charge in [0.2, 0.25) is 0 Å².